The third-order valence-corrected chi connectivity index (χ3v) is 4.84. The zero-order valence-electron chi connectivity index (χ0n) is 17.0. The van der Waals surface area contributed by atoms with Crippen LogP contribution in [0.5, 0.6) is 0 Å². The number of nitrogens with zero attached hydrogens (tertiary/aromatic N) is 1. The molecule has 0 fully saturated rings. The Morgan fingerprint density at radius 2 is 1.55 bits per heavy atom. The van der Waals surface area contributed by atoms with E-state index in [-0.39, 0.29) is 37.1 Å². The highest BCUT2D eigenvalue weighted by Crippen LogP contribution is 2.20. The molecule has 0 heterocycles. The van der Waals surface area contributed by atoms with Crippen LogP contribution in [0, 0.1) is 18.2 Å². The molecule has 1 N–H and O–H groups in total. The zero-order chi connectivity index (χ0) is 22.1. The molecule has 3 aromatic rings. The first-order valence-corrected chi connectivity index (χ1v) is 9.93. The summed E-state index contributed by atoms with van der Waals surface area (Å²) >= 11 is 0. The minimum Gasteiger partial charge on any atom is -0.345 e. The van der Waals surface area contributed by atoms with Crippen molar-refractivity contribution >= 4 is 11.8 Å². The molecule has 1 atom stereocenters. The van der Waals surface area contributed by atoms with Gasteiger partial charge < -0.3 is 10.2 Å². The van der Waals surface area contributed by atoms with E-state index in [2.05, 4.69) is 11.2 Å². The maximum atomic E-state index is 13.2. The molecule has 0 aliphatic carbocycles. The van der Waals surface area contributed by atoms with Gasteiger partial charge in [0.2, 0.25) is 5.91 Å². The molecular weight excluding hydrogens is 391 g/mol. The van der Waals surface area contributed by atoms with Crippen molar-refractivity contribution in [2.75, 3.05) is 6.54 Å². The monoisotopic (exact) mass is 414 g/mol. The van der Waals surface area contributed by atoms with Gasteiger partial charge in [-0.1, -0.05) is 66.6 Å². The summed E-state index contributed by atoms with van der Waals surface area (Å²) in [7, 11) is 0. The van der Waals surface area contributed by atoms with Crippen LogP contribution in [0.1, 0.15) is 33.9 Å². The number of carbonyl (C=O) groups excluding carboxylic acids is 2. The summed E-state index contributed by atoms with van der Waals surface area (Å²) in [5, 5.41) is 2.96. The van der Waals surface area contributed by atoms with Crippen molar-refractivity contribution in [3.63, 3.8) is 0 Å². The molecule has 5 heteroatoms. The second-order valence-corrected chi connectivity index (χ2v) is 7.09. The van der Waals surface area contributed by atoms with E-state index in [1.165, 1.54) is 17.0 Å². The van der Waals surface area contributed by atoms with Crippen LogP contribution in [0.25, 0.3) is 0 Å². The van der Waals surface area contributed by atoms with Crippen LogP contribution in [0.4, 0.5) is 4.39 Å². The lowest BCUT2D eigenvalue weighted by Gasteiger charge is -2.25. The Hall–Kier alpha value is -3.91. The van der Waals surface area contributed by atoms with Crippen molar-refractivity contribution in [2.45, 2.75) is 19.0 Å². The molecule has 0 aliphatic rings. The third kappa shape index (κ3) is 6.28. The van der Waals surface area contributed by atoms with Gasteiger partial charge in [-0.3, -0.25) is 9.59 Å². The zero-order valence-corrected chi connectivity index (χ0v) is 17.0. The highest BCUT2D eigenvalue weighted by Gasteiger charge is 2.22. The molecule has 4 nitrogen and oxygen atoms in total. The first-order valence-electron chi connectivity index (χ1n) is 9.93. The molecule has 0 spiro atoms. The molecule has 0 unspecified atom stereocenters. The van der Waals surface area contributed by atoms with Crippen molar-refractivity contribution in [1.82, 2.24) is 10.2 Å². The maximum absolute atomic E-state index is 13.2. The molecule has 0 radical (unpaired) electrons. The topological polar surface area (TPSA) is 49.4 Å². The second kappa shape index (κ2) is 10.7. The molecule has 156 valence electrons. The highest BCUT2D eigenvalue weighted by molar-refractivity contribution is 5.94. The van der Waals surface area contributed by atoms with Crippen molar-refractivity contribution in [1.29, 1.82) is 0 Å². The van der Waals surface area contributed by atoms with E-state index < -0.39 is 6.04 Å². The Bertz CT molecular complexity index is 1040. The molecule has 3 aromatic carbocycles. The van der Waals surface area contributed by atoms with Gasteiger partial charge >= 0.3 is 0 Å². The van der Waals surface area contributed by atoms with E-state index in [0.29, 0.717) is 5.56 Å². The first kappa shape index (κ1) is 21.8. The summed E-state index contributed by atoms with van der Waals surface area (Å²) in [4.78, 5) is 27.4. The second-order valence-electron chi connectivity index (χ2n) is 7.09. The van der Waals surface area contributed by atoms with E-state index in [4.69, 9.17) is 6.42 Å². The van der Waals surface area contributed by atoms with Gasteiger partial charge in [0.25, 0.3) is 5.91 Å². The molecule has 0 aliphatic heterocycles. The Kier molecular flexibility index (Phi) is 7.56. The van der Waals surface area contributed by atoms with Crippen molar-refractivity contribution in [3.8, 4) is 12.3 Å². The van der Waals surface area contributed by atoms with E-state index in [1.807, 2.05) is 36.4 Å². The van der Waals surface area contributed by atoms with Gasteiger partial charge in [0, 0.05) is 12.1 Å². The maximum Gasteiger partial charge on any atom is 0.251 e. The van der Waals surface area contributed by atoms with Crippen LogP contribution in [-0.2, 0) is 11.3 Å². The van der Waals surface area contributed by atoms with E-state index in [0.717, 1.165) is 11.1 Å². The van der Waals surface area contributed by atoms with Gasteiger partial charge in [-0.25, -0.2) is 4.39 Å². The van der Waals surface area contributed by atoms with Crippen molar-refractivity contribution in [3.05, 3.63) is 107 Å². The number of halogens is 1. The van der Waals surface area contributed by atoms with Crippen LogP contribution in [-0.4, -0.2) is 23.3 Å². The lowest BCUT2D eigenvalue weighted by molar-refractivity contribution is -0.131. The van der Waals surface area contributed by atoms with Crippen molar-refractivity contribution < 1.29 is 14.0 Å². The predicted molar refractivity (Wildman–Crippen MR) is 118 cm³/mol. The summed E-state index contributed by atoms with van der Waals surface area (Å²) in [6, 6.07) is 23.6. The van der Waals surface area contributed by atoms with Gasteiger partial charge in [-0.2, -0.15) is 0 Å². The van der Waals surface area contributed by atoms with Crippen LogP contribution in [0.2, 0.25) is 0 Å². The van der Waals surface area contributed by atoms with E-state index in [9.17, 15) is 14.0 Å². The van der Waals surface area contributed by atoms with Crippen LogP contribution >= 0.6 is 0 Å². The molecule has 31 heavy (non-hydrogen) atoms. The SMILES string of the molecule is C#CCN(Cc1ccc(F)cc1)C(=O)C[C@@H](NC(=O)c1ccccc1)c1ccccc1. The number of terminal acetylenes is 1. The summed E-state index contributed by atoms with van der Waals surface area (Å²) in [5.74, 6) is 1.70. The number of benzene rings is 3. The molecule has 2 amide bonds. The summed E-state index contributed by atoms with van der Waals surface area (Å²) < 4.78 is 13.2. The Balaban J connectivity index is 1.78. The average Bonchev–Trinajstić information content (AvgIpc) is 2.80. The van der Waals surface area contributed by atoms with Gasteiger partial charge in [-0.05, 0) is 35.4 Å². The van der Waals surface area contributed by atoms with E-state index in [1.54, 1.807) is 36.4 Å². The number of hydrogen-bond donors (Lipinski definition) is 1. The molecular formula is C26H23FN2O2. The Labute approximate surface area is 181 Å². The van der Waals surface area contributed by atoms with Gasteiger partial charge in [0.05, 0.1) is 19.0 Å². The minimum absolute atomic E-state index is 0.0471. The van der Waals surface area contributed by atoms with Crippen LogP contribution in [0.3, 0.4) is 0 Å². The quantitative estimate of drug-likeness (QED) is 0.557. The highest BCUT2D eigenvalue weighted by atomic mass is 19.1. The van der Waals surface area contributed by atoms with Gasteiger partial charge in [0.1, 0.15) is 5.82 Å². The number of hydrogen-bond acceptors (Lipinski definition) is 2. The fraction of sp³-hybridized carbons (Fsp3) is 0.154. The predicted octanol–water partition coefficient (Wildman–Crippen LogP) is 4.35. The number of nitrogens with one attached hydrogen (secondary N) is 1. The Morgan fingerprint density at radius 3 is 2.16 bits per heavy atom. The van der Waals surface area contributed by atoms with Crippen LogP contribution in [0.15, 0.2) is 84.9 Å². The molecule has 0 bridgehead atoms. The number of carbonyl (C=O) groups is 2. The lowest BCUT2D eigenvalue weighted by Crippen LogP contribution is -2.36. The first-order chi connectivity index (χ1) is 15.1. The summed E-state index contributed by atoms with van der Waals surface area (Å²) in [6.07, 6.45) is 5.52. The molecule has 0 saturated carbocycles. The normalized spacial score (nSPS) is 11.2. The lowest BCUT2D eigenvalue weighted by atomic mass is 10.0. The van der Waals surface area contributed by atoms with Gasteiger partial charge in [-0.15, -0.1) is 6.42 Å². The number of rotatable bonds is 8. The number of amides is 2. The van der Waals surface area contributed by atoms with Crippen molar-refractivity contribution in [2.24, 2.45) is 0 Å². The molecule has 0 saturated heterocycles. The smallest absolute Gasteiger partial charge is 0.251 e. The fourth-order valence-electron chi connectivity index (χ4n) is 3.23. The largest absolute Gasteiger partial charge is 0.345 e. The Morgan fingerprint density at radius 1 is 0.935 bits per heavy atom. The average molecular weight is 414 g/mol. The summed E-state index contributed by atoms with van der Waals surface area (Å²) in [6.45, 7) is 0.377. The van der Waals surface area contributed by atoms with E-state index >= 15 is 0 Å². The molecule has 3 rings (SSSR count). The van der Waals surface area contributed by atoms with Crippen LogP contribution < -0.4 is 5.32 Å². The minimum atomic E-state index is -0.519. The third-order valence-electron chi connectivity index (χ3n) is 4.84. The molecule has 0 aromatic heterocycles. The fourth-order valence-corrected chi connectivity index (χ4v) is 3.23. The standard InChI is InChI=1S/C26H23FN2O2/c1-2-17-29(19-20-13-15-23(27)16-14-20)25(30)18-24(21-9-5-3-6-10-21)28-26(31)22-11-7-4-8-12-22/h1,3-16,24H,17-19H2,(H,28,31)/t24-/m1/s1. The summed E-state index contributed by atoms with van der Waals surface area (Å²) in [5.41, 5.74) is 2.11. The van der Waals surface area contributed by atoms with Gasteiger partial charge in [0.15, 0.2) is 0 Å².